The fourth-order valence-electron chi connectivity index (χ4n) is 2.62. The first kappa shape index (κ1) is 25.5. The van der Waals surface area contributed by atoms with E-state index >= 15 is 0 Å². The molecule has 28 heavy (non-hydrogen) atoms. The van der Waals surface area contributed by atoms with Crippen molar-refractivity contribution >= 4 is 0 Å². The SMILES string of the molecule is C=C(C)/C=C(\C=C/C)CCNC(=C)CCC(=C)NCCc1ccccc1.CC. The lowest BCUT2D eigenvalue weighted by atomic mass is 10.1. The second-order valence-electron chi connectivity index (χ2n) is 6.61. The molecule has 0 radical (unpaired) electrons. The minimum absolute atomic E-state index is 0.885. The number of nitrogens with one attached hydrogen (secondary N) is 2. The molecule has 0 saturated heterocycles. The average Bonchev–Trinajstić information content (AvgIpc) is 2.68. The summed E-state index contributed by atoms with van der Waals surface area (Å²) in [5.74, 6) is 0. The molecule has 1 aromatic rings. The van der Waals surface area contributed by atoms with E-state index in [1.54, 1.807) is 0 Å². The monoisotopic (exact) mass is 380 g/mol. The summed E-state index contributed by atoms with van der Waals surface area (Å²) in [5.41, 5.74) is 5.84. The van der Waals surface area contributed by atoms with Crippen molar-refractivity contribution in [3.8, 4) is 0 Å². The van der Waals surface area contributed by atoms with Gasteiger partial charge in [-0.25, -0.2) is 0 Å². The van der Waals surface area contributed by atoms with Gasteiger partial charge in [0, 0.05) is 24.5 Å². The Morgan fingerprint density at radius 2 is 1.46 bits per heavy atom. The third kappa shape index (κ3) is 13.7. The molecule has 0 heterocycles. The Morgan fingerprint density at radius 3 is 2.00 bits per heavy atom. The summed E-state index contributed by atoms with van der Waals surface area (Å²) in [7, 11) is 0. The summed E-state index contributed by atoms with van der Waals surface area (Å²) in [6, 6.07) is 10.5. The average molecular weight is 381 g/mol. The molecule has 0 amide bonds. The first-order valence-electron chi connectivity index (χ1n) is 10.4. The molecule has 2 heteroatoms. The zero-order valence-corrected chi connectivity index (χ0v) is 18.5. The Labute approximate surface area is 173 Å². The van der Waals surface area contributed by atoms with Gasteiger partial charge < -0.3 is 10.6 Å². The van der Waals surface area contributed by atoms with Crippen LogP contribution in [0.5, 0.6) is 0 Å². The van der Waals surface area contributed by atoms with Crippen LogP contribution in [-0.4, -0.2) is 13.1 Å². The van der Waals surface area contributed by atoms with Crippen LogP contribution in [-0.2, 0) is 6.42 Å². The lowest BCUT2D eigenvalue weighted by molar-refractivity contribution is 0.698. The Balaban J connectivity index is 0.00000352. The molecule has 2 nitrogen and oxygen atoms in total. The Kier molecular flexibility index (Phi) is 15.2. The smallest absolute Gasteiger partial charge is 0.0184 e. The van der Waals surface area contributed by atoms with Crippen molar-refractivity contribution in [1.82, 2.24) is 10.6 Å². The summed E-state index contributed by atoms with van der Waals surface area (Å²) in [4.78, 5) is 0. The predicted octanol–water partition coefficient (Wildman–Crippen LogP) is 6.71. The lowest BCUT2D eigenvalue weighted by Gasteiger charge is -2.13. The van der Waals surface area contributed by atoms with E-state index in [1.165, 1.54) is 11.1 Å². The molecule has 0 aromatic heterocycles. The predicted molar refractivity (Wildman–Crippen MR) is 127 cm³/mol. The number of hydrogen-bond donors (Lipinski definition) is 2. The topological polar surface area (TPSA) is 24.1 Å². The molecule has 1 rings (SSSR count). The normalized spacial score (nSPS) is 10.8. The van der Waals surface area contributed by atoms with Crippen molar-refractivity contribution in [1.29, 1.82) is 0 Å². The lowest BCUT2D eigenvalue weighted by Crippen LogP contribution is -2.18. The molecule has 0 aliphatic heterocycles. The largest absolute Gasteiger partial charge is 0.388 e. The van der Waals surface area contributed by atoms with Gasteiger partial charge in [-0.15, -0.1) is 0 Å². The highest BCUT2D eigenvalue weighted by Gasteiger charge is 1.99. The Hall–Kier alpha value is -2.48. The van der Waals surface area contributed by atoms with Gasteiger partial charge >= 0.3 is 0 Å². The molecule has 0 spiro atoms. The summed E-state index contributed by atoms with van der Waals surface area (Å²) in [6.45, 7) is 22.0. The van der Waals surface area contributed by atoms with Crippen molar-refractivity contribution in [3.05, 3.63) is 96.4 Å². The summed E-state index contributed by atoms with van der Waals surface area (Å²) in [5, 5.41) is 6.82. The van der Waals surface area contributed by atoms with Gasteiger partial charge in [0.1, 0.15) is 0 Å². The van der Waals surface area contributed by atoms with Gasteiger partial charge in [-0.1, -0.05) is 87.7 Å². The second-order valence-corrected chi connectivity index (χ2v) is 6.61. The molecular weight excluding hydrogens is 340 g/mol. The third-order valence-electron chi connectivity index (χ3n) is 3.96. The number of hydrogen-bond acceptors (Lipinski definition) is 2. The van der Waals surface area contributed by atoms with Crippen LogP contribution in [0.1, 0.15) is 52.5 Å². The van der Waals surface area contributed by atoms with E-state index in [0.717, 1.165) is 55.7 Å². The molecule has 1 aromatic carbocycles. The van der Waals surface area contributed by atoms with Gasteiger partial charge in [0.2, 0.25) is 0 Å². The Morgan fingerprint density at radius 1 is 0.893 bits per heavy atom. The molecule has 0 unspecified atom stereocenters. The van der Waals surface area contributed by atoms with Gasteiger partial charge in [-0.2, -0.15) is 0 Å². The maximum absolute atomic E-state index is 4.12. The van der Waals surface area contributed by atoms with Crippen LogP contribution in [0.2, 0.25) is 0 Å². The molecule has 154 valence electrons. The standard InChI is InChI=1S/C24H34N2.C2H6/c1-6-10-24(19-20(2)3)16-18-26-22(5)14-13-21(4)25-17-15-23-11-8-7-9-12-23;1-2/h6-12,19,25-26H,2,4-5,13-18H2,1,3H3;1-2H3/b10-6-,24-19+;. The minimum Gasteiger partial charge on any atom is -0.388 e. The van der Waals surface area contributed by atoms with Crippen LogP contribution in [0.3, 0.4) is 0 Å². The van der Waals surface area contributed by atoms with E-state index in [0.29, 0.717) is 0 Å². The molecule has 0 bridgehead atoms. The highest BCUT2D eigenvalue weighted by atomic mass is 14.9. The highest BCUT2D eigenvalue weighted by Crippen LogP contribution is 2.09. The number of benzene rings is 1. The maximum atomic E-state index is 4.12. The van der Waals surface area contributed by atoms with Crippen molar-refractivity contribution < 1.29 is 0 Å². The highest BCUT2D eigenvalue weighted by molar-refractivity contribution is 5.27. The fraction of sp³-hybridized carbons (Fsp3) is 0.385. The summed E-state index contributed by atoms with van der Waals surface area (Å²) < 4.78 is 0. The van der Waals surface area contributed by atoms with Gasteiger partial charge in [0.25, 0.3) is 0 Å². The minimum atomic E-state index is 0.885. The van der Waals surface area contributed by atoms with Crippen LogP contribution in [0.4, 0.5) is 0 Å². The third-order valence-corrected chi connectivity index (χ3v) is 3.96. The van der Waals surface area contributed by atoms with E-state index in [4.69, 9.17) is 0 Å². The van der Waals surface area contributed by atoms with Crippen molar-refractivity contribution in [2.75, 3.05) is 13.1 Å². The van der Waals surface area contributed by atoms with Gasteiger partial charge in [0.05, 0.1) is 0 Å². The molecule has 0 aliphatic carbocycles. The van der Waals surface area contributed by atoms with Crippen LogP contribution >= 0.6 is 0 Å². The van der Waals surface area contributed by atoms with E-state index in [-0.39, 0.29) is 0 Å². The van der Waals surface area contributed by atoms with Crippen molar-refractivity contribution in [2.24, 2.45) is 0 Å². The quantitative estimate of drug-likeness (QED) is 0.372. The maximum Gasteiger partial charge on any atom is 0.0184 e. The molecule has 2 N–H and O–H groups in total. The first-order chi connectivity index (χ1) is 13.5. The fourth-order valence-corrected chi connectivity index (χ4v) is 2.62. The zero-order valence-electron chi connectivity index (χ0n) is 18.5. The Bertz CT molecular complexity index is 636. The second kappa shape index (κ2) is 16.7. The molecule has 0 saturated carbocycles. The van der Waals surface area contributed by atoms with Gasteiger partial charge in [-0.05, 0) is 50.7 Å². The van der Waals surface area contributed by atoms with Gasteiger partial charge in [0.15, 0.2) is 0 Å². The van der Waals surface area contributed by atoms with Gasteiger partial charge in [-0.3, -0.25) is 0 Å². The zero-order chi connectivity index (χ0) is 21.2. The van der Waals surface area contributed by atoms with E-state index in [1.807, 2.05) is 33.8 Å². The van der Waals surface area contributed by atoms with E-state index in [9.17, 15) is 0 Å². The summed E-state index contributed by atoms with van der Waals surface area (Å²) in [6.07, 6.45) is 10.1. The number of rotatable bonds is 13. The van der Waals surface area contributed by atoms with Crippen molar-refractivity contribution in [2.45, 2.75) is 53.4 Å². The summed E-state index contributed by atoms with van der Waals surface area (Å²) >= 11 is 0. The van der Waals surface area contributed by atoms with Crippen LogP contribution < -0.4 is 10.6 Å². The molecule has 0 atom stereocenters. The van der Waals surface area contributed by atoms with Crippen LogP contribution in [0, 0.1) is 0 Å². The number of allylic oxidation sites excluding steroid dienone is 6. The van der Waals surface area contributed by atoms with E-state index in [2.05, 4.69) is 72.9 Å². The van der Waals surface area contributed by atoms with Crippen LogP contribution in [0.15, 0.2) is 90.8 Å². The van der Waals surface area contributed by atoms with E-state index < -0.39 is 0 Å². The molecular formula is C26H40N2. The first-order valence-corrected chi connectivity index (χ1v) is 10.4. The molecule has 0 fully saturated rings. The van der Waals surface area contributed by atoms with Crippen LogP contribution in [0.25, 0.3) is 0 Å². The van der Waals surface area contributed by atoms with Crippen molar-refractivity contribution in [3.63, 3.8) is 0 Å². The molecule has 0 aliphatic rings.